The van der Waals surface area contributed by atoms with Gasteiger partial charge in [0.1, 0.15) is 10.9 Å². The predicted octanol–water partition coefficient (Wildman–Crippen LogP) is 1.55. The van der Waals surface area contributed by atoms with Gasteiger partial charge < -0.3 is 15.3 Å². The van der Waals surface area contributed by atoms with E-state index in [0.29, 0.717) is 4.88 Å². The number of nitrogens with one attached hydrogen (secondary N) is 1. The van der Waals surface area contributed by atoms with E-state index >= 15 is 0 Å². The molecule has 1 saturated heterocycles. The van der Waals surface area contributed by atoms with Gasteiger partial charge in [-0.1, -0.05) is 0 Å². The zero-order valence-electron chi connectivity index (χ0n) is 10.2. The first kappa shape index (κ1) is 12.9. The number of carbonyl (C=O) groups excluding carboxylic acids is 1. The van der Waals surface area contributed by atoms with Crippen molar-refractivity contribution in [3.8, 4) is 0 Å². The first-order valence-electron chi connectivity index (χ1n) is 5.93. The minimum Gasteiger partial charge on any atom is -0.477 e. The number of piperidine rings is 1. The van der Waals surface area contributed by atoms with E-state index in [1.165, 1.54) is 11.3 Å². The fourth-order valence-electron chi connectivity index (χ4n) is 2.27. The third kappa shape index (κ3) is 2.48. The second-order valence-electron chi connectivity index (χ2n) is 4.29. The Kier molecular flexibility index (Phi) is 3.86. The fraction of sp³-hybridized carbons (Fsp3) is 0.500. The number of thiophene rings is 1. The molecule has 1 amide bonds. The lowest BCUT2D eigenvalue weighted by Crippen LogP contribution is -2.48. The molecule has 0 bridgehead atoms. The summed E-state index contributed by atoms with van der Waals surface area (Å²) >= 11 is 1.20. The van der Waals surface area contributed by atoms with E-state index in [9.17, 15) is 9.59 Å². The van der Waals surface area contributed by atoms with Gasteiger partial charge in [0.2, 0.25) is 5.91 Å². The van der Waals surface area contributed by atoms with Gasteiger partial charge in [0.25, 0.3) is 0 Å². The monoisotopic (exact) mass is 268 g/mol. The zero-order valence-corrected chi connectivity index (χ0v) is 11.0. The summed E-state index contributed by atoms with van der Waals surface area (Å²) in [7, 11) is 1.63. The zero-order chi connectivity index (χ0) is 13.1. The second-order valence-corrected chi connectivity index (χ2v) is 5.20. The normalized spacial score (nSPS) is 19.6. The van der Waals surface area contributed by atoms with E-state index in [2.05, 4.69) is 5.32 Å². The van der Waals surface area contributed by atoms with Crippen LogP contribution in [0.3, 0.4) is 0 Å². The molecule has 0 radical (unpaired) electrons. The minimum atomic E-state index is -0.917. The largest absolute Gasteiger partial charge is 0.477 e. The molecule has 1 unspecified atom stereocenters. The molecule has 18 heavy (non-hydrogen) atoms. The molecule has 98 valence electrons. The van der Waals surface area contributed by atoms with E-state index in [-0.39, 0.29) is 11.9 Å². The van der Waals surface area contributed by atoms with Crippen LogP contribution in [0.5, 0.6) is 0 Å². The topological polar surface area (TPSA) is 69.6 Å². The average Bonchev–Trinajstić information content (AvgIpc) is 2.87. The predicted molar refractivity (Wildman–Crippen MR) is 70.3 cm³/mol. The van der Waals surface area contributed by atoms with Gasteiger partial charge in [-0.25, -0.2) is 4.79 Å². The molecule has 0 spiro atoms. The lowest BCUT2D eigenvalue weighted by atomic mass is 10.0. The Morgan fingerprint density at radius 2 is 2.28 bits per heavy atom. The van der Waals surface area contributed by atoms with Gasteiger partial charge in [0.15, 0.2) is 0 Å². The van der Waals surface area contributed by atoms with Crippen LogP contribution in [-0.2, 0) is 4.79 Å². The molecule has 1 aliphatic heterocycles. The highest BCUT2D eigenvalue weighted by Crippen LogP contribution is 2.29. The number of anilines is 1. The summed E-state index contributed by atoms with van der Waals surface area (Å²) in [6.45, 7) is 0.799. The van der Waals surface area contributed by atoms with Crippen molar-refractivity contribution in [3.63, 3.8) is 0 Å². The van der Waals surface area contributed by atoms with Crippen molar-refractivity contribution in [2.75, 3.05) is 18.5 Å². The summed E-state index contributed by atoms with van der Waals surface area (Å²) in [5.41, 5.74) is 0.839. The van der Waals surface area contributed by atoms with E-state index in [1.807, 2.05) is 10.3 Å². The number of carboxylic acids is 1. The molecule has 0 saturated carbocycles. The highest BCUT2D eigenvalue weighted by molar-refractivity contribution is 7.12. The molecule has 0 aromatic carbocycles. The number of rotatable bonds is 3. The standard InChI is InChI=1S/C12H16N2O3S/c1-13-11(15)9-4-2-3-5-14(9)8-6-10(12(16)17)18-7-8/h6-7,9H,2-5H2,1H3,(H,13,15)(H,16,17). The smallest absolute Gasteiger partial charge is 0.345 e. The molecule has 1 fully saturated rings. The maximum Gasteiger partial charge on any atom is 0.345 e. The summed E-state index contributed by atoms with van der Waals surface area (Å²) in [4.78, 5) is 25.0. The minimum absolute atomic E-state index is 0.00206. The summed E-state index contributed by atoms with van der Waals surface area (Å²) in [5.74, 6) is -0.919. The third-order valence-electron chi connectivity index (χ3n) is 3.18. The van der Waals surface area contributed by atoms with E-state index in [0.717, 1.165) is 31.5 Å². The van der Waals surface area contributed by atoms with Crippen molar-refractivity contribution in [3.05, 3.63) is 16.3 Å². The van der Waals surface area contributed by atoms with Crippen LogP contribution in [0.25, 0.3) is 0 Å². The Labute approximate surface area is 109 Å². The SMILES string of the molecule is CNC(=O)C1CCCCN1c1csc(C(=O)O)c1. The van der Waals surface area contributed by atoms with Gasteiger partial charge in [-0.15, -0.1) is 11.3 Å². The molecule has 2 heterocycles. The Morgan fingerprint density at radius 3 is 2.89 bits per heavy atom. The quantitative estimate of drug-likeness (QED) is 0.872. The number of amides is 1. The molecule has 0 aliphatic carbocycles. The second kappa shape index (κ2) is 5.39. The Morgan fingerprint density at radius 1 is 1.50 bits per heavy atom. The van der Waals surface area contributed by atoms with Crippen LogP contribution in [-0.4, -0.2) is 36.6 Å². The van der Waals surface area contributed by atoms with Crippen LogP contribution < -0.4 is 10.2 Å². The first-order chi connectivity index (χ1) is 8.63. The van der Waals surface area contributed by atoms with Gasteiger partial charge in [0, 0.05) is 24.7 Å². The third-order valence-corrected chi connectivity index (χ3v) is 4.09. The molecule has 1 aromatic rings. The van der Waals surface area contributed by atoms with Gasteiger partial charge in [-0.3, -0.25) is 4.79 Å². The number of carboxylic acid groups (broad SMARTS) is 1. The van der Waals surface area contributed by atoms with Gasteiger partial charge in [-0.05, 0) is 25.3 Å². The van der Waals surface area contributed by atoms with Crippen LogP contribution in [0.4, 0.5) is 5.69 Å². The van der Waals surface area contributed by atoms with Gasteiger partial charge in [0.05, 0.1) is 0 Å². The molecular weight excluding hydrogens is 252 g/mol. The highest BCUT2D eigenvalue weighted by Gasteiger charge is 2.29. The van der Waals surface area contributed by atoms with Crippen LogP contribution in [0.1, 0.15) is 28.9 Å². The number of nitrogens with zero attached hydrogens (tertiary/aromatic N) is 1. The summed E-state index contributed by atoms with van der Waals surface area (Å²) < 4.78 is 0. The summed E-state index contributed by atoms with van der Waals surface area (Å²) in [6.07, 6.45) is 2.88. The molecule has 1 aromatic heterocycles. The van der Waals surface area contributed by atoms with Crippen molar-refractivity contribution in [1.82, 2.24) is 5.32 Å². The molecule has 1 atom stereocenters. The molecule has 1 aliphatic rings. The maximum absolute atomic E-state index is 11.8. The van der Waals surface area contributed by atoms with Gasteiger partial charge in [-0.2, -0.15) is 0 Å². The lowest BCUT2D eigenvalue weighted by molar-refractivity contribution is -0.122. The Bertz CT molecular complexity index is 458. The first-order valence-corrected chi connectivity index (χ1v) is 6.81. The van der Waals surface area contributed by atoms with Crippen LogP contribution >= 0.6 is 11.3 Å². The van der Waals surface area contributed by atoms with E-state index < -0.39 is 5.97 Å². The van der Waals surface area contributed by atoms with Crippen molar-refractivity contribution < 1.29 is 14.7 Å². The van der Waals surface area contributed by atoms with E-state index in [1.54, 1.807) is 13.1 Å². The Balaban J connectivity index is 2.22. The van der Waals surface area contributed by atoms with Crippen molar-refractivity contribution in [1.29, 1.82) is 0 Å². The summed E-state index contributed by atoms with van der Waals surface area (Å²) in [6, 6.07) is 1.47. The molecule has 6 heteroatoms. The highest BCUT2D eigenvalue weighted by atomic mass is 32.1. The summed E-state index contributed by atoms with van der Waals surface area (Å²) in [5, 5.41) is 13.4. The van der Waals surface area contributed by atoms with Crippen LogP contribution in [0, 0.1) is 0 Å². The number of carbonyl (C=O) groups is 2. The molecule has 2 N–H and O–H groups in total. The van der Waals surface area contributed by atoms with Crippen molar-refractivity contribution in [2.45, 2.75) is 25.3 Å². The number of hydrogen-bond donors (Lipinski definition) is 2. The molecular formula is C12H16N2O3S. The fourth-order valence-corrected chi connectivity index (χ4v) is 3.01. The van der Waals surface area contributed by atoms with Crippen LogP contribution in [0.15, 0.2) is 11.4 Å². The average molecular weight is 268 g/mol. The van der Waals surface area contributed by atoms with Crippen molar-refractivity contribution >= 4 is 28.9 Å². The maximum atomic E-state index is 11.8. The molecule has 2 rings (SSSR count). The van der Waals surface area contributed by atoms with Crippen molar-refractivity contribution in [2.24, 2.45) is 0 Å². The number of aromatic carboxylic acids is 1. The van der Waals surface area contributed by atoms with Crippen LogP contribution in [0.2, 0.25) is 0 Å². The number of likely N-dealkylation sites (N-methyl/N-ethyl adjacent to an activating group) is 1. The molecule has 5 nitrogen and oxygen atoms in total. The van der Waals surface area contributed by atoms with Gasteiger partial charge >= 0.3 is 5.97 Å². The Hall–Kier alpha value is -1.56. The number of hydrogen-bond acceptors (Lipinski definition) is 4. The lowest BCUT2D eigenvalue weighted by Gasteiger charge is -2.35. The van der Waals surface area contributed by atoms with E-state index in [4.69, 9.17) is 5.11 Å².